The topological polar surface area (TPSA) is 77.5 Å². The van der Waals surface area contributed by atoms with Crippen LogP contribution < -0.4 is 14.2 Å². The first-order chi connectivity index (χ1) is 19.2. The molecule has 0 saturated carbocycles. The standard InChI is InChI=1S/C31H35ClN2O6/c1-19-16-22(35)21-18-30(20-8-6-5-7-9-20,10-11-34-14-12-33(2)13-15-34)40-29(21)31(19)28(36)25-23(37-3)17-24(38-4)26(32)27(25)39-31/h5-9,17,19H,10-16,18H2,1-4H3/t19-,30?,31-/m1/s1. The molecule has 0 aromatic heterocycles. The number of ether oxygens (including phenoxy) is 4. The largest absolute Gasteiger partial charge is 0.496 e. The van der Waals surface area contributed by atoms with Gasteiger partial charge in [-0.2, -0.15) is 0 Å². The van der Waals surface area contributed by atoms with Gasteiger partial charge in [0.2, 0.25) is 11.4 Å². The van der Waals surface area contributed by atoms with E-state index in [1.54, 1.807) is 6.07 Å². The molecule has 1 spiro atoms. The van der Waals surface area contributed by atoms with Crippen LogP contribution in [0.25, 0.3) is 0 Å². The Balaban J connectivity index is 1.42. The second-order valence-corrected chi connectivity index (χ2v) is 11.7. The van der Waals surface area contributed by atoms with Crippen molar-refractivity contribution in [1.29, 1.82) is 0 Å². The van der Waals surface area contributed by atoms with Gasteiger partial charge in [-0.25, -0.2) is 0 Å². The molecule has 0 N–H and O–H groups in total. The number of Topliss-reactive ketones (excluding diaryl/α,β-unsaturated/α-hetero) is 2. The van der Waals surface area contributed by atoms with Gasteiger partial charge in [-0.05, 0) is 12.6 Å². The predicted molar refractivity (Wildman–Crippen MR) is 150 cm³/mol. The summed E-state index contributed by atoms with van der Waals surface area (Å²) in [6.07, 6.45) is 1.22. The normalized spacial score (nSPS) is 28.4. The van der Waals surface area contributed by atoms with Crippen LogP contribution in [0.4, 0.5) is 0 Å². The third-order valence-corrected chi connectivity index (χ3v) is 9.40. The molecular weight excluding hydrogens is 532 g/mol. The smallest absolute Gasteiger partial charge is 0.231 e. The quantitative estimate of drug-likeness (QED) is 0.506. The van der Waals surface area contributed by atoms with Crippen molar-refractivity contribution < 1.29 is 28.5 Å². The maximum absolute atomic E-state index is 14.4. The molecule has 1 saturated heterocycles. The molecule has 3 atom stereocenters. The lowest BCUT2D eigenvalue weighted by atomic mass is 9.72. The molecule has 1 fully saturated rings. The van der Waals surface area contributed by atoms with Gasteiger partial charge in [-0.3, -0.25) is 9.59 Å². The number of fused-ring (bicyclic) bond motifs is 2. The van der Waals surface area contributed by atoms with E-state index in [-0.39, 0.29) is 34.3 Å². The molecule has 3 heterocycles. The Morgan fingerprint density at radius 1 is 1.02 bits per heavy atom. The number of halogens is 1. The molecule has 1 aliphatic carbocycles. The van der Waals surface area contributed by atoms with E-state index >= 15 is 0 Å². The fourth-order valence-corrected chi connectivity index (χ4v) is 6.89. The molecule has 4 aliphatic rings. The summed E-state index contributed by atoms with van der Waals surface area (Å²) in [7, 11) is 5.13. The molecule has 8 nitrogen and oxygen atoms in total. The minimum Gasteiger partial charge on any atom is -0.496 e. The first-order valence-electron chi connectivity index (χ1n) is 13.8. The van der Waals surface area contributed by atoms with Crippen molar-refractivity contribution in [1.82, 2.24) is 9.80 Å². The van der Waals surface area contributed by atoms with Crippen LogP contribution in [-0.2, 0) is 15.1 Å². The summed E-state index contributed by atoms with van der Waals surface area (Å²) in [5.41, 5.74) is -0.553. The van der Waals surface area contributed by atoms with E-state index in [0.717, 1.165) is 38.3 Å². The van der Waals surface area contributed by atoms with Gasteiger partial charge in [-0.15, -0.1) is 0 Å². The summed E-state index contributed by atoms with van der Waals surface area (Å²) in [4.78, 5) is 32.7. The van der Waals surface area contributed by atoms with Crippen LogP contribution >= 0.6 is 11.6 Å². The lowest BCUT2D eigenvalue weighted by Crippen LogP contribution is -2.52. The maximum Gasteiger partial charge on any atom is 0.231 e. The highest BCUT2D eigenvalue weighted by Gasteiger charge is 2.65. The average Bonchev–Trinajstić information content (AvgIpc) is 3.52. The van der Waals surface area contributed by atoms with Crippen molar-refractivity contribution >= 4 is 23.2 Å². The van der Waals surface area contributed by atoms with Gasteiger partial charge in [0.15, 0.2) is 17.3 Å². The summed E-state index contributed by atoms with van der Waals surface area (Å²) in [5, 5.41) is 0.192. The molecule has 9 heteroatoms. The van der Waals surface area contributed by atoms with Gasteiger partial charge in [0.1, 0.15) is 27.7 Å². The van der Waals surface area contributed by atoms with Gasteiger partial charge in [0.05, 0.1) is 14.2 Å². The Kier molecular flexibility index (Phi) is 6.84. The van der Waals surface area contributed by atoms with E-state index in [1.807, 2.05) is 37.3 Å². The number of rotatable bonds is 6. The summed E-state index contributed by atoms with van der Waals surface area (Å²) in [5.74, 6) is 0.384. The zero-order valence-electron chi connectivity index (χ0n) is 23.4. The summed E-state index contributed by atoms with van der Waals surface area (Å²) in [6, 6.07) is 11.6. The third-order valence-electron chi connectivity index (χ3n) is 9.04. The molecular formula is C31H35ClN2O6. The van der Waals surface area contributed by atoms with Crippen molar-refractivity contribution in [2.24, 2.45) is 5.92 Å². The molecule has 0 amide bonds. The van der Waals surface area contributed by atoms with E-state index < -0.39 is 17.1 Å². The van der Waals surface area contributed by atoms with Crippen LogP contribution in [0.15, 0.2) is 47.7 Å². The summed E-state index contributed by atoms with van der Waals surface area (Å²) in [6.45, 7) is 6.65. The molecule has 0 radical (unpaired) electrons. The Hall–Kier alpha value is -3.07. The van der Waals surface area contributed by atoms with Crippen LogP contribution in [-0.4, -0.2) is 81.0 Å². The van der Waals surface area contributed by atoms with Gasteiger partial charge in [0, 0.05) is 69.5 Å². The number of benzene rings is 2. The number of hydrogen-bond acceptors (Lipinski definition) is 8. The fourth-order valence-electron chi connectivity index (χ4n) is 6.63. The van der Waals surface area contributed by atoms with Gasteiger partial charge in [-0.1, -0.05) is 48.9 Å². The van der Waals surface area contributed by atoms with Crippen molar-refractivity contribution in [3.8, 4) is 17.2 Å². The second-order valence-electron chi connectivity index (χ2n) is 11.3. The van der Waals surface area contributed by atoms with Crippen molar-refractivity contribution in [2.45, 2.75) is 37.4 Å². The predicted octanol–water partition coefficient (Wildman–Crippen LogP) is 4.49. The Bertz CT molecular complexity index is 1390. The zero-order valence-corrected chi connectivity index (χ0v) is 24.2. The molecule has 40 heavy (non-hydrogen) atoms. The van der Waals surface area contributed by atoms with Crippen molar-refractivity contribution in [3.63, 3.8) is 0 Å². The van der Waals surface area contributed by atoms with Gasteiger partial charge >= 0.3 is 0 Å². The maximum atomic E-state index is 14.4. The molecule has 2 aromatic rings. The highest BCUT2D eigenvalue weighted by molar-refractivity contribution is 6.35. The average molecular weight is 567 g/mol. The third kappa shape index (κ3) is 4.03. The van der Waals surface area contributed by atoms with E-state index in [0.29, 0.717) is 35.7 Å². The Morgan fingerprint density at radius 3 is 2.40 bits per heavy atom. The van der Waals surface area contributed by atoms with Crippen molar-refractivity contribution in [3.05, 3.63) is 63.9 Å². The van der Waals surface area contributed by atoms with E-state index in [2.05, 4.69) is 16.8 Å². The van der Waals surface area contributed by atoms with Crippen molar-refractivity contribution in [2.75, 3.05) is 54.0 Å². The number of piperazine rings is 1. The first kappa shape index (κ1) is 27.1. The number of hydrogen-bond donors (Lipinski definition) is 0. The molecule has 212 valence electrons. The summed E-state index contributed by atoms with van der Waals surface area (Å²) >= 11 is 6.68. The number of carbonyl (C=O) groups is 2. The Morgan fingerprint density at radius 2 is 1.73 bits per heavy atom. The van der Waals surface area contributed by atoms with E-state index in [4.69, 9.17) is 30.5 Å². The highest BCUT2D eigenvalue weighted by atomic mass is 35.5. The number of carbonyl (C=O) groups excluding carboxylic acids is 2. The zero-order chi connectivity index (χ0) is 28.2. The molecule has 1 unspecified atom stereocenters. The SMILES string of the molecule is COc1cc(OC)c2c(c1Cl)O[C@]1(C2=O)C2=C(CC(CCN3CCN(C)CC3)(c3ccccc3)O2)C(=O)C[C@H]1C. The van der Waals surface area contributed by atoms with Gasteiger partial charge < -0.3 is 28.7 Å². The minimum absolute atomic E-state index is 0.00599. The van der Waals surface area contributed by atoms with Crippen LogP contribution in [0, 0.1) is 5.92 Å². The lowest BCUT2D eigenvalue weighted by Gasteiger charge is -2.39. The lowest BCUT2D eigenvalue weighted by molar-refractivity contribution is -0.119. The molecule has 2 aromatic carbocycles. The second kappa shape index (κ2) is 10.1. The molecule has 0 bridgehead atoms. The number of nitrogens with zero attached hydrogens (tertiary/aromatic N) is 2. The van der Waals surface area contributed by atoms with Crippen LogP contribution in [0.5, 0.6) is 17.2 Å². The molecule has 3 aliphatic heterocycles. The number of methoxy groups -OCH3 is 2. The van der Waals surface area contributed by atoms with E-state index in [1.165, 1.54) is 14.2 Å². The first-order valence-corrected chi connectivity index (χ1v) is 14.2. The number of likely N-dealkylation sites (N-methyl/N-ethyl adjacent to an activating group) is 1. The highest BCUT2D eigenvalue weighted by Crippen LogP contribution is 2.59. The summed E-state index contributed by atoms with van der Waals surface area (Å²) < 4.78 is 24.6. The van der Waals surface area contributed by atoms with Crippen LogP contribution in [0.1, 0.15) is 42.1 Å². The minimum atomic E-state index is -1.51. The fraction of sp³-hybridized carbons (Fsp3) is 0.484. The molecule has 6 rings (SSSR count). The van der Waals surface area contributed by atoms with Gasteiger partial charge in [0.25, 0.3) is 0 Å². The monoisotopic (exact) mass is 566 g/mol. The van der Waals surface area contributed by atoms with Crippen LogP contribution in [0.3, 0.4) is 0 Å². The van der Waals surface area contributed by atoms with Crippen LogP contribution in [0.2, 0.25) is 5.02 Å². The number of ketones is 2. The van der Waals surface area contributed by atoms with E-state index in [9.17, 15) is 9.59 Å². The Labute approximate surface area is 239 Å².